The summed E-state index contributed by atoms with van der Waals surface area (Å²) in [6.07, 6.45) is 1.12. The minimum absolute atomic E-state index is 0.278. The molecule has 2 rings (SSSR count). The third-order valence-electron chi connectivity index (χ3n) is 3.62. The smallest absolute Gasteiger partial charge is 0.255 e. The minimum atomic E-state index is -3.36. The van der Waals surface area contributed by atoms with E-state index < -0.39 is 10.0 Å². The maximum atomic E-state index is 12.4. The van der Waals surface area contributed by atoms with Crippen molar-refractivity contribution in [2.24, 2.45) is 0 Å². The topological polar surface area (TPSA) is 75.7 Å². The van der Waals surface area contributed by atoms with Crippen molar-refractivity contribution < 1.29 is 17.9 Å². The van der Waals surface area contributed by atoms with Gasteiger partial charge in [-0.2, -0.15) is 0 Å². The van der Waals surface area contributed by atoms with Crippen molar-refractivity contribution in [2.45, 2.75) is 6.92 Å². The highest BCUT2D eigenvalue weighted by Gasteiger charge is 2.13. The number of hydrogen-bond donors (Lipinski definition) is 1. The third kappa shape index (κ3) is 4.05. The van der Waals surface area contributed by atoms with Crippen molar-refractivity contribution in [1.29, 1.82) is 0 Å². The fraction of sp³-hybridized carbons (Fsp3) is 0.235. The van der Waals surface area contributed by atoms with Gasteiger partial charge in [-0.05, 0) is 48.9 Å². The molecule has 7 heteroatoms. The van der Waals surface area contributed by atoms with Gasteiger partial charge in [-0.3, -0.25) is 9.10 Å². The van der Waals surface area contributed by atoms with E-state index in [-0.39, 0.29) is 5.91 Å². The van der Waals surface area contributed by atoms with Crippen LogP contribution in [0, 0.1) is 6.92 Å². The molecule has 0 saturated carbocycles. The Labute approximate surface area is 142 Å². The van der Waals surface area contributed by atoms with Crippen LogP contribution in [0.5, 0.6) is 5.75 Å². The van der Waals surface area contributed by atoms with Crippen molar-refractivity contribution in [3.05, 3.63) is 53.6 Å². The molecule has 128 valence electrons. The fourth-order valence-corrected chi connectivity index (χ4v) is 2.69. The van der Waals surface area contributed by atoms with Crippen molar-refractivity contribution in [2.75, 3.05) is 30.0 Å². The van der Waals surface area contributed by atoms with Crippen LogP contribution in [0.15, 0.2) is 42.5 Å². The van der Waals surface area contributed by atoms with Crippen LogP contribution < -0.4 is 14.4 Å². The maximum Gasteiger partial charge on any atom is 0.255 e. The number of hydrogen-bond acceptors (Lipinski definition) is 4. The number of methoxy groups -OCH3 is 1. The van der Waals surface area contributed by atoms with Gasteiger partial charge in [0.2, 0.25) is 10.0 Å². The molecule has 0 saturated heterocycles. The number of carbonyl (C=O) groups excluding carboxylic acids is 1. The molecule has 2 aromatic rings. The largest absolute Gasteiger partial charge is 0.496 e. The minimum Gasteiger partial charge on any atom is -0.496 e. The Balaban J connectivity index is 2.22. The molecule has 0 spiro atoms. The monoisotopic (exact) mass is 348 g/mol. The van der Waals surface area contributed by atoms with Crippen LogP contribution in [0.3, 0.4) is 0 Å². The van der Waals surface area contributed by atoms with Crippen molar-refractivity contribution >= 4 is 27.3 Å². The zero-order valence-corrected chi connectivity index (χ0v) is 14.8. The Morgan fingerprint density at radius 1 is 1.17 bits per heavy atom. The predicted octanol–water partition coefficient (Wildman–Crippen LogP) is 2.65. The summed E-state index contributed by atoms with van der Waals surface area (Å²) in [6.45, 7) is 1.86. The second-order valence-electron chi connectivity index (χ2n) is 5.42. The molecule has 0 radical (unpaired) electrons. The van der Waals surface area contributed by atoms with E-state index >= 15 is 0 Å². The Hall–Kier alpha value is -2.54. The Bertz CT molecular complexity index is 863. The van der Waals surface area contributed by atoms with Crippen molar-refractivity contribution in [3.8, 4) is 5.75 Å². The molecule has 0 fully saturated rings. The molecule has 2 aromatic carbocycles. The van der Waals surface area contributed by atoms with Crippen molar-refractivity contribution in [3.63, 3.8) is 0 Å². The summed E-state index contributed by atoms with van der Waals surface area (Å²) in [5, 5.41) is 2.77. The average Bonchev–Trinajstić information content (AvgIpc) is 2.53. The number of rotatable bonds is 5. The van der Waals surface area contributed by atoms with Gasteiger partial charge in [-0.25, -0.2) is 8.42 Å². The zero-order chi connectivity index (χ0) is 17.9. The quantitative estimate of drug-likeness (QED) is 0.901. The van der Waals surface area contributed by atoms with E-state index in [9.17, 15) is 13.2 Å². The Kier molecular flexibility index (Phi) is 5.14. The summed E-state index contributed by atoms with van der Waals surface area (Å²) >= 11 is 0. The fourth-order valence-electron chi connectivity index (χ4n) is 2.19. The van der Waals surface area contributed by atoms with Crippen LogP contribution in [0.1, 0.15) is 15.9 Å². The molecule has 24 heavy (non-hydrogen) atoms. The van der Waals surface area contributed by atoms with Crippen LogP contribution in [0.25, 0.3) is 0 Å². The summed E-state index contributed by atoms with van der Waals surface area (Å²) in [5.74, 6) is 0.434. The molecule has 0 bridgehead atoms. The highest BCUT2D eigenvalue weighted by molar-refractivity contribution is 7.92. The van der Waals surface area contributed by atoms with E-state index in [0.29, 0.717) is 22.7 Å². The van der Waals surface area contributed by atoms with Gasteiger partial charge in [0.25, 0.3) is 5.91 Å². The molecule has 0 heterocycles. The van der Waals surface area contributed by atoms with Crippen LogP contribution >= 0.6 is 0 Å². The zero-order valence-electron chi connectivity index (χ0n) is 14.0. The number of carbonyl (C=O) groups is 1. The number of amides is 1. The number of anilines is 2. The highest BCUT2D eigenvalue weighted by atomic mass is 32.2. The second-order valence-corrected chi connectivity index (χ2v) is 7.43. The number of aryl methyl sites for hydroxylation is 1. The number of benzene rings is 2. The number of sulfonamides is 1. The molecule has 0 aliphatic heterocycles. The highest BCUT2D eigenvalue weighted by Crippen LogP contribution is 2.22. The molecular formula is C17H20N2O4S. The lowest BCUT2D eigenvalue weighted by Crippen LogP contribution is -2.24. The van der Waals surface area contributed by atoms with Gasteiger partial charge in [-0.1, -0.05) is 6.07 Å². The lowest BCUT2D eigenvalue weighted by atomic mass is 10.1. The van der Waals surface area contributed by atoms with Crippen LogP contribution in [0.2, 0.25) is 0 Å². The van der Waals surface area contributed by atoms with Crippen molar-refractivity contribution in [1.82, 2.24) is 0 Å². The average molecular weight is 348 g/mol. The Morgan fingerprint density at radius 3 is 2.46 bits per heavy atom. The van der Waals surface area contributed by atoms with Gasteiger partial charge in [0.1, 0.15) is 5.75 Å². The summed E-state index contributed by atoms with van der Waals surface area (Å²) in [7, 11) is -0.323. The third-order valence-corrected chi connectivity index (χ3v) is 4.83. The molecule has 0 unspecified atom stereocenters. The number of ether oxygens (including phenoxy) is 1. The second kappa shape index (κ2) is 6.92. The Morgan fingerprint density at radius 2 is 1.88 bits per heavy atom. The van der Waals surface area contributed by atoms with Gasteiger partial charge in [0.15, 0.2) is 0 Å². The van der Waals surface area contributed by atoms with Gasteiger partial charge in [-0.15, -0.1) is 0 Å². The van der Waals surface area contributed by atoms with Crippen LogP contribution in [-0.2, 0) is 10.0 Å². The SMILES string of the molecule is COc1ccc(C(=O)Nc2cccc(N(C)S(C)(=O)=O)c2)cc1C. The molecule has 1 amide bonds. The molecule has 0 aliphatic carbocycles. The molecular weight excluding hydrogens is 328 g/mol. The van der Waals surface area contributed by atoms with Gasteiger partial charge >= 0.3 is 0 Å². The van der Waals surface area contributed by atoms with E-state index in [1.54, 1.807) is 49.6 Å². The number of nitrogens with zero attached hydrogens (tertiary/aromatic N) is 1. The summed E-state index contributed by atoms with van der Waals surface area (Å²) in [5.41, 5.74) is 2.34. The van der Waals surface area contributed by atoms with E-state index in [2.05, 4.69) is 5.32 Å². The summed E-state index contributed by atoms with van der Waals surface area (Å²) < 4.78 is 29.6. The normalized spacial score (nSPS) is 11.0. The maximum absolute atomic E-state index is 12.4. The lowest BCUT2D eigenvalue weighted by molar-refractivity contribution is 0.102. The van der Waals surface area contributed by atoms with E-state index in [1.807, 2.05) is 6.92 Å². The first-order valence-corrected chi connectivity index (χ1v) is 9.07. The van der Waals surface area contributed by atoms with E-state index in [4.69, 9.17) is 4.74 Å². The molecule has 6 nitrogen and oxygen atoms in total. The molecule has 0 aliphatic rings. The first-order chi connectivity index (χ1) is 11.2. The summed E-state index contributed by atoms with van der Waals surface area (Å²) in [6, 6.07) is 11.8. The van der Waals surface area contributed by atoms with E-state index in [0.717, 1.165) is 16.1 Å². The number of nitrogens with one attached hydrogen (secondary N) is 1. The van der Waals surface area contributed by atoms with Gasteiger partial charge in [0.05, 0.1) is 19.1 Å². The molecule has 1 N–H and O–H groups in total. The predicted molar refractivity (Wildman–Crippen MR) is 95.4 cm³/mol. The summed E-state index contributed by atoms with van der Waals surface area (Å²) in [4.78, 5) is 12.4. The van der Waals surface area contributed by atoms with Crippen LogP contribution in [-0.4, -0.2) is 34.7 Å². The standard InChI is InChI=1S/C17H20N2O4S/c1-12-10-13(8-9-16(12)23-3)17(20)18-14-6-5-7-15(11-14)19(2)24(4,21)22/h5-11H,1-4H3,(H,18,20). The van der Waals surface area contributed by atoms with E-state index in [1.165, 1.54) is 7.05 Å². The first kappa shape index (κ1) is 17.8. The van der Waals surface area contributed by atoms with Crippen LogP contribution in [0.4, 0.5) is 11.4 Å². The molecule has 0 atom stereocenters. The van der Waals surface area contributed by atoms with Gasteiger partial charge in [0, 0.05) is 18.3 Å². The first-order valence-electron chi connectivity index (χ1n) is 7.22. The van der Waals surface area contributed by atoms with Gasteiger partial charge < -0.3 is 10.1 Å². The molecule has 0 aromatic heterocycles. The lowest BCUT2D eigenvalue weighted by Gasteiger charge is -2.17.